The number of nitrogens with zero attached hydrogens (tertiary/aromatic N) is 3. The van der Waals surface area contributed by atoms with Crippen molar-refractivity contribution in [2.45, 2.75) is 13.8 Å². The molecule has 2 aromatic carbocycles. The highest BCUT2D eigenvalue weighted by molar-refractivity contribution is 5.99. The second-order valence-electron chi connectivity index (χ2n) is 6.85. The van der Waals surface area contributed by atoms with Crippen molar-refractivity contribution in [2.24, 2.45) is 4.99 Å². The average Bonchev–Trinajstić information content (AvgIpc) is 3.22. The molecular formula is C24H22N4O2. The van der Waals surface area contributed by atoms with E-state index in [1.54, 1.807) is 6.20 Å². The highest BCUT2D eigenvalue weighted by atomic mass is 16.7. The standard InChI is InChI=1S/C24H22N4O2/c1-4-17(19-7-9-21-20(11-19)13-26-24(25)28-21)6-5-15(2)27-16(3)18-8-10-22-23(12-18)30-14-29-22/h4-13H,3,14H2,1-2H3,(H2,25,26,28)/b6-5-,17-4+,27-15?. The molecule has 2 heterocycles. The van der Waals surface area contributed by atoms with Crippen LogP contribution in [0.2, 0.25) is 0 Å². The predicted molar refractivity (Wildman–Crippen MR) is 121 cm³/mol. The smallest absolute Gasteiger partial charge is 0.231 e. The molecule has 0 atom stereocenters. The monoisotopic (exact) mass is 398 g/mol. The molecule has 1 aliphatic rings. The molecule has 150 valence electrons. The van der Waals surface area contributed by atoms with Gasteiger partial charge in [0.1, 0.15) is 0 Å². The molecule has 0 fully saturated rings. The lowest BCUT2D eigenvalue weighted by Gasteiger charge is -2.05. The number of aromatic nitrogens is 2. The van der Waals surface area contributed by atoms with Crippen LogP contribution in [0.5, 0.6) is 11.5 Å². The Morgan fingerprint density at radius 2 is 1.90 bits per heavy atom. The van der Waals surface area contributed by atoms with E-state index in [0.717, 1.165) is 44.8 Å². The Labute approximate surface area is 175 Å². The summed E-state index contributed by atoms with van der Waals surface area (Å²) in [6.07, 6.45) is 7.79. The van der Waals surface area contributed by atoms with Gasteiger partial charge >= 0.3 is 0 Å². The second-order valence-corrected chi connectivity index (χ2v) is 6.85. The minimum Gasteiger partial charge on any atom is -0.454 e. The molecule has 4 rings (SSSR count). The predicted octanol–water partition coefficient (Wildman–Crippen LogP) is 5.03. The minimum atomic E-state index is 0.247. The molecule has 0 bridgehead atoms. The summed E-state index contributed by atoms with van der Waals surface area (Å²) >= 11 is 0. The van der Waals surface area contributed by atoms with Crippen LogP contribution in [0.4, 0.5) is 5.95 Å². The van der Waals surface area contributed by atoms with E-state index in [-0.39, 0.29) is 12.7 Å². The van der Waals surface area contributed by atoms with Gasteiger partial charge in [0.2, 0.25) is 12.7 Å². The number of nitrogens with two attached hydrogens (primary N) is 1. The third-order valence-electron chi connectivity index (χ3n) is 4.76. The zero-order valence-corrected chi connectivity index (χ0v) is 16.9. The van der Waals surface area contributed by atoms with E-state index in [2.05, 4.69) is 27.6 Å². The molecule has 6 nitrogen and oxygen atoms in total. The van der Waals surface area contributed by atoms with Crippen molar-refractivity contribution in [3.8, 4) is 11.5 Å². The summed E-state index contributed by atoms with van der Waals surface area (Å²) in [5.41, 5.74) is 11.0. The van der Waals surface area contributed by atoms with E-state index >= 15 is 0 Å². The molecule has 3 aromatic rings. The van der Waals surface area contributed by atoms with Gasteiger partial charge in [-0.1, -0.05) is 24.8 Å². The fourth-order valence-corrected chi connectivity index (χ4v) is 3.19. The lowest BCUT2D eigenvalue weighted by molar-refractivity contribution is 0.174. The lowest BCUT2D eigenvalue weighted by atomic mass is 10.0. The summed E-state index contributed by atoms with van der Waals surface area (Å²) in [6, 6.07) is 11.7. The molecule has 30 heavy (non-hydrogen) atoms. The largest absolute Gasteiger partial charge is 0.454 e. The van der Waals surface area contributed by atoms with Crippen LogP contribution < -0.4 is 15.2 Å². The van der Waals surface area contributed by atoms with Crippen molar-refractivity contribution in [3.05, 3.63) is 78.5 Å². The molecule has 0 spiro atoms. The van der Waals surface area contributed by atoms with Crippen molar-refractivity contribution < 1.29 is 9.47 Å². The lowest BCUT2D eigenvalue weighted by Crippen LogP contribution is -1.94. The summed E-state index contributed by atoms with van der Waals surface area (Å²) in [5.74, 6) is 1.74. The number of ether oxygens (including phenoxy) is 2. The van der Waals surface area contributed by atoms with E-state index in [4.69, 9.17) is 15.2 Å². The number of allylic oxidation sites excluding steroid dienone is 4. The third-order valence-corrected chi connectivity index (χ3v) is 4.76. The van der Waals surface area contributed by atoms with Gasteiger partial charge in [0, 0.05) is 22.9 Å². The molecule has 6 heteroatoms. The molecule has 2 N–H and O–H groups in total. The Kier molecular flexibility index (Phi) is 5.30. The van der Waals surface area contributed by atoms with Crippen LogP contribution in [-0.2, 0) is 0 Å². The first-order chi connectivity index (χ1) is 14.5. The van der Waals surface area contributed by atoms with Crippen LogP contribution in [0.25, 0.3) is 22.2 Å². The van der Waals surface area contributed by atoms with E-state index in [1.807, 2.05) is 62.4 Å². The van der Waals surface area contributed by atoms with Gasteiger partial charge in [-0.25, -0.2) is 9.97 Å². The summed E-state index contributed by atoms with van der Waals surface area (Å²) in [6.45, 7) is 8.27. The van der Waals surface area contributed by atoms with Crippen LogP contribution in [-0.4, -0.2) is 22.5 Å². The van der Waals surface area contributed by atoms with Gasteiger partial charge in [0.05, 0.1) is 11.2 Å². The van der Waals surface area contributed by atoms with E-state index < -0.39 is 0 Å². The molecule has 1 aromatic heterocycles. The number of rotatable bonds is 5. The van der Waals surface area contributed by atoms with Gasteiger partial charge in [0.25, 0.3) is 0 Å². The van der Waals surface area contributed by atoms with Gasteiger partial charge in [-0.2, -0.15) is 0 Å². The van der Waals surface area contributed by atoms with E-state index in [1.165, 1.54) is 0 Å². The van der Waals surface area contributed by atoms with Gasteiger partial charge in [-0.15, -0.1) is 0 Å². The zero-order valence-electron chi connectivity index (χ0n) is 16.9. The molecule has 1 aliphatic heterocycles. The highest BCUT2D eigenvalue weighted by Gasteiger charge is 2.14. The molecule has 0 radical (unpaired) electrons. The van der Waals surface area contributed by atoms with Crippen LogP contribution in [0.15, 0.2) is 72.4 Å². The Bertz CT molecular complexity index is 1230. The number of fused-ring (bicyclic) bond motifs is 2. The summed E-state index contributed by atoms with van der Waals surface area (Å²) in [7, 11) is 0. The summed E-state index contributed by atoms with van der Waals surface area (Å²) in [4.78, 5) is 12.9. The van der Waals surface area contributed by atoms with Crippen molar-refractivity contribution in [3.63, 3.8) is 0 Å². The van der Waals surface area contributed by atoms with E-state index in [0.29, 0.717) is 5.70 Å². The maximum absolute atomic E-state index is 5.66. The van der Waals surface area contributed by atoms with E-state index in [9.17, 15) is 0 Å². The Morgan fingerprint density at radius 3 is 2.73 bits per heavy atom. The van der Waals surface area contributed by atoms with Crippen LogP contribution in [0.3, 0.4) is 0 Å². The zero-order chi connectivity index (χ0) is 21.1. The highest BCUT2D eigenvalue weighted by Crippen LogP contribution is 2.34. The van der Waals surface area contributed by atoms with Crippen molar-refractivity contribution >= 4 is 33.8 Å². The van der Waals surface area contributed by atoms with Gasteiger partial charge in [-0.05, 0) is 61.4 Å². The number of hydrogen-bond donors (Lipinski definition) is 1. The molecule has 0 unspecified atom stereocenters. The van der Waals surface area contributed by atoms with Gasteiger partial charge in [0.15, 0.2) is 11.5 Å². The van der Waals surface area contributed by atoms with Gasteiger partial charge in [-0.3, -0.25) is 4.99 Å². The maximum Gasteiger partial charge on any atom is 0.231 e. The number of benzene rings is 2. The third kappa shape index (κ3) is 4.07. The Morgan fingerprint density at radius 1 is 1.10 bits per heavy atom. The number of hydrogen-bond acceptors (Lipinski definition) is 6. The maximum atomic E-state index is 5.66. The quantitative estimate of drug-likeness (QED) is 0.481. The van der Waals surface area contributed by atoms with Gasteiger partial charge < -0.3 is 15.2 Å². The molecular weight excluding hydrogens is 376 g/mol. The summed E-state index contributed by atoms with van der Waals surface area (Å²) < 4.78 is 10.8. The molecule has 0 aliphatic carbocycles. The topological polar surface area (TPSA) is 82.6 Å². The van der Waals surface area contributed by atoms with Crippen molar-refractivity contribution in [1.82, 2.24) is 9.97 Å². The first-order valence-electron chi connectivity index (χ1n) is 9.55. The Hall–Kier alpha value is -3.93. The summed E-state index contributed by atoms with van der Waals surface area (Å²) in [5, 5.41) is 0.941. The van der Waals surface area contributed by atoms with Crippen LogP contribution in [0.1, 0.15) is 25.0 Å². The average molecular weight is 398 g/mol. The normalized spacial score (nSPS) is 13.9. The molecule has 0 amide bonds. The minimum absolute atomic E-state index is 0.247. The van der Waals surface area contributed by atoms with Crippen molar-refractivity contribution in [2.75, 3.05) is 12.5 Å². The van der Waals surface area contributed by atoms with Crippen LogP contribution in [0, 0.1) is 0 Å². The van der Waals surface area contributed by atoms with Crippen molar-refractivity contribution in [1.29, 1.82) is 0 Å². The first-order valence-corrected chi connectivity index (χ1v) is 9.55. The molecule has 0 saturated heterocycles. The van der Waals surface area contributed by atoms with Crippen LogP contribution >= 0.6 is 0 Å². The fraction of sp³-hybridized carbons (Fsp3) is 0.125. The fourth-order valence-electron chi connectivity index (χ4n) is 3.19. The first kappa shape index (κ1) is 19.4. The SMILES string of the molecule is C=C(N=C(C)/C=C\C(=C/C)c1ccc2nc(N)ncc2c1)c1ccc2c(c1)OCO2. The number of nitrogen functional groups attached to an aromatic ring is 1. The Balaban J connectivity index is 1.52. The second kappa shape index (κ2) is 8.21. The number of anilines is 1. The molecule has 0 saturated carbocycles. The number of aliphatic imine (C=N–C) groups is 1.